The van der Waals surface area contributed by atoms with Crippen LogP contribution in [0.1, 0.15) is 25.0 Å². The highest BCUT2D eigenvalue weighted by Gasteiger charge is 2.31. The molecule has 4 rings (SSSR count). The first-order valence-electron chi connectivity index (χ1n) is 12.8. The van der Waals surface area contributed by atoms with Crippen molar-refractivity contribution in [1.29, 1.82) is 0 Å². The summed E-state index contributed by atoms with van der Waals surface area (Å²) in [5.74, 6) is 0.316. The van der Waals surface area contributed by atoms with Gasteiger partial charge in [-0.2, -0.15) is 8.42 Å². The molecule has 3 atom stereocenters. The Morgan fingerprint density at radius 2 is 2.00 bits per heavy atom. The first-order valence-corrected chi connectivity index (χ1v) is 14.3. The summed E-state index contributed by atoms with van der Waals surface area (Å²) in [6.07, 6.45) is 6.08. The number of rotatable bonds is 9. The zero-order valence-electron chi connectivity index (χ0n) is 22.7. The van der Waals surface area contributed by atoms with E-state index in [2.05, 4.69) is 19.6 Å². The molecule has 2 N–H and O–H groups in total. The van der Waals surface area contributed by atoms with Crippen molar-refractivity contribution in [3.63, 3.8) is 0 Å². The smallest absolute Gasteiger partial charge is 0.280 e. The Morgan fingerprint density at radius 1 is 1.26 bits per heavy atom. The summed E-state index contributed by atoms with van der Waals surface area (Å²) in [6.45, 7) is 5.39. The molecule has 0 aliphatic carbocycles. The van der Waals surface area contributed by atoms with E-state index >= 15 is 0 Å². The summed E-state index contributed by atoms with van der Waals surface area (Å²) >= 11 is 0. The van der Waals surface area contributed by atoms with E-state index in [9.17, 15) is 18.3 Å². The van der Waals surface area contributed by atoms with Gasteiger partial charge in [-0.05, 0) is 49.9 Å². The van der Waals surface area contributed by atoms with Gasteiger partial charge in [0.1, 0.15) is 11.9 Å². The van der Waals surface area contributed by atoms with Crippen molar-refractivity contribution in [3.8, 4) is 5.75 Å². The highest BCUT2D eigenvalue weighted by atomic mass is 32.2. The van der Waals surface area contributed by atoms with Crippen molar-refractivity contribution in [1.82, 2.24) is 24.3 Å². The van der Waals surface area contributed by atoms with Crippen molar-refractivity contribution >= 4 is 21.6 Å². The van der Waals surface area contributed by atoms with E-state index < -0.39 is 10.0 Å². The Kier molecular flexibility index (Phi) is 8.88. The van der Waals surface area contributed by atoms with Gasteiger partial charge in [0.2, 0.25) is 5.91 Å². The van der Waals surface area contributed by atoms with E-state index in [1.54, 1.807) is 47.1 Å². The molecule has 2 aromatic heterocycles. The molecule has 11 nitrogen and oxygen atoms in total. The van der Waals surface area contributed by atoms with E-state index in [1.165, 1.54) is 12.5 Å². The molecule has 210 valence electrons. The number of fused-ring (bicyclic) bond motifs is 1. The summed E-state index contributed by atoms with van der Waals surface area (Å²) in [6, 6.07) is 8.52. The maximum Gasteiger partial charge on any atom is 0.280 e. The van der Waals surface area contributed by atoms with E-state index in [0.29, 0.717) is 36.6 Å². The number of pyridine rings is 1. The second-order valence-corrected chi connectivity index (χ2v) is 11.9. The van der Waals surface area contributed by atoms with Crippen LogP contribution >= 0.6 is 0 Å². The first-order chi connectivity index (χ1) is 18.6. The zero-order valence-corrected chi connectivity index (χ0v) is 23.5. The lowest BCUT2D eigenvalue weighted by Gasteiger charge is -2.34. The van der Waals surface area contributed by atoms with Gasteiger partial charge < -0.3 is 19.3 Å². The highest BCUT2D eigenvalue weighted by molar-refractivity contribution is 7.92. The fraction of sp³-hybridized carbons (Fsp3) is 0.444. The third-order valence-corrected chi connectivity index (χ3v) is 8.08. The normalized spacial score (nSPS) is 19.0. The monoisotopic (exact) mass is 556 g/mol. The van der Waals surface area contributed by atoms with Gasteiger partial charge in [0.05, 0.1) is 25.4 Å². The number of aliphatic hydroxyl groups is 1. The third-order valence-electron chi connectivity index (χ3n) is 6.82. The van der Waals surface area contributed by atoms with Gasteiger partial charge in [-0.15, -0.1) is 0 Å². The average molecular weight is 557 g/mol. The number of amides is 1. The first kappa shape index (κ1) is 28.5. The molecule has 0 saturated heterocycles. The fourth-order valence-corrected chi connectivity index (χ4v) is 5.65. The number of anilines is 1. The second-order valence-electron chi connectivity index (χ2n) is 10.2. The maximum atomic E-state index is 13.4. The van der Waals surface area contributed by atoms with Crippen molar-refractivity contribution in [2.24, 2.45) is 13.0 Å². The van der Waals surface area contributed by atoms with Crippen LogP contribution in [0.3, 0.4) is 0 Å². The van der Waals surface area contributed by atoms with Crippen molar-refractivity contribution in [3.05, 3.63) is 66.4 Å². The molecule has 0 saturated carbocycles. The standard InChI is InChI=1S/C27H36N6O5S/c1-19-13-33(20(2)17-34)27(35)12-22-11-23(30-39(36,37)26-16-32(4)18-29-26)5-6-24(22)38-25(19)15-31(3)14-21-7-9-28-10-8-21/h5-11,16,18-20,25,30,34H,12-15,17H2,1-4H3/t19-,20+,25-/m1/s1. The number of aromatic nitrogens is 3. The summed E-state index contributed by atoms with van der Waals surface area (Å²) in [5, 5.41) is 9.75. The van der Waals surface area contributed by atoms with Gasteiger partial charge in [-0.1, -0.05) is 6.92 Å². The lowest BCUT2D eigenvalue weighted by molar-refractivity contribution is -0.134. The number of aryl methyl sites for hydroxylation is 1. The summed E-state index contributed by atoms with van der Waals surface area (Å²) in [5.41, 5.74) is 1.99. The Labute approximate surface area is 229 Å². The van der Waals surface area contributed by atoms with Crippen LogP contribution in [-0.4, -0.2) is 82.7 Å². The van der Waals surface area contributed by atoms with Gasteiger partial charge in [0.15, 0.2) is 5.03 Å². The molecule has 3 heterocycles. The zero-order chi connectivity index (χ0) is 28.2. The van der Waals surface area contributed by atoms with Gasteiger partial charge >= 0.3 is 0 Å². The molecule has 1 aromatic carbocycles. The minimum atomic E-state index is -3.91. The lowest BCUT2D eigenvalue weighted by atomic mass is 10.0. The number of nitrogens with one attached hydrogen (secondary N) is 1. The number of benzene rings is 1. The summed E-state index contributed by atoms with van der Waals surface area (Å²) in [7, 11) is -0.210. The van der Waals surface area contributed by atoms with Crippen molar-refractivity contribution < 1.29 is 23.1 Å². The summed E-state index contributed by atoms with van der Waals surface area (Å²) < 4.78 is 36.3. The predicted molar refractivity (Wildman–Crippen MR) is 147 cm³/mol. The van der Waals surface area contributed by atoms with Crippen LogP contribution in [0.2, 0.25) is 0 Å². The summed E-state index contributed by atoms with van der Waals surface area (Å²) in [4.78, 5) is 25.3. The molecule has 3 aromatic rings. The molecule has 0 bridgehead atoms. The Morgan fingerprint density at radius 3 is 2.67 bits per heavy atom. The fourth-order valence-electron chi connectivity index (χ4n) is 4.62. The molecule has 0 fully saturated rings. The Hall–Kier alpha value is -3.48. The number of sulfonamides is 1. The molecule has 0 radical (unpaired) electrons. The van der Waals surface area contributed by atoms with E-state index in [4.69, 9.17) is 4.74 Å². The largest absolute Gasteiger partial charge is 0.488 e. The van der Waals surface area contributed by atoms with Gasteiger partial charge in [0.25, 0.3) is 10.0 Å². The van der Waals surface area contributed by atoms with Crippen LogP contribution in [-0.2, 0) is 34.8 Å². The number of likely N-dealkylation sites (N-methyl/N-ethyl adjacent to an activating group) is 1. The number of hydrogen-bond acceptors (Lipinski definition) is 8. The topological polar surface area (TPSA) is 130 Å². The van der Waals surface area contributed by atoms with Crippen LogP contribution in [0, 0.1) is 5.92 Å². The predicted octanol–water partition coefficient (Wildman–Crippen LogP) is 1.90. The van der Waals surface area contributed by atoms with Gasteiger partial charge in [-0.3, -0.25) is 19.4 Å². The molecule has 1 amide bonds. The van der Waals surface area contributed by atoms with Crippen LogP contribution < -0.4 is 9.46 Å². The number of nitrogens with zero attached hydrogens (tertiary/aromatic N) is 5. The minimum absolute atomic E-state index is 0.00508. The SMILES string of the molecule is C[C@@H]1CN([C@@H](C)CO)C(=O)Cc2cc(NS(=O)(=O)c3cn(C)cn3)ccc2O[C@@H]1CN(C)Cc1ccncc1. The van der Waals surface area contributed by atoms with Crippen LogP contribution in [0.4, 0.5) is 5.69 Å². The minimum Gasteiger partial charge on any atom is -0.488 e. The van der Waals surface area contributed by atoms with Crippen LogP contribution in [0.15, 0.2) is 60.3 Å². The van der Waals surface area contributed by atoms with Crippen molar-refractivity contribution in [2.45, 2.75) is 44.0 Å². The van der Waals surface area contributed by atoms with E-state index in [1.807, 2.05) is 33.0 Å². The van der Waals surface area contributed by atoms with Crippen LogP contribution in [0.25, 0.3) is 0 Å². The number of ether oxygens (including phenoxy) is 1. The van der Waals surface area contributed by atoms with Gasteiger partial charge in [-0.25, -0.2) is 4.98 Å². The molecule has 0 spiro atoms. The van der Waals surface area contributed by atoms with Crippen molar-refractivity contribution in [2.75, 3.05) is 31.5 Å². The quantitative estimate of drug-likeness (QED) is 0.409. The highest BCUT2D eigenvalue weighted by Crippen LogP contribution is 2.30. The molecule has 39 heavy (non-hydrogen) atoms. The van der Waals surface area contributed by atoms with Gasteiger partial charge in [0, 0.05) is 62.4 Å². The number of aliphatic hydroxyl groups excluding tert-OH is 1. The third kappa shape index (κ3) is 7.14. The second kappa shape index (κ2) is 12.1. The molecular weight excluding hydrogens is 520 g/mol. The molecule has 1 aliphatic rings. The number of carbonyl (C=O) groups is 1. The maximum absolute atomic E-state index is 13.4. The molecule has 12 heteroatoms. The molecule has 0 unspecified atom stereocenters. The number of carbonyl (C=O) groups excluding carboxylic acids is 1. The molecule has 1 aliphatic heterocycles. The lowest BCUT2D eigenvalue weighted by Crippen LogP contribution is -2.47. The number of hydrogen-bond donors (Lipinski definition) is 2. The number of imidazole rings is 1. The van der Waals surface area contributed by atoms with E-state index in [-0.39, 0.29) is 42.0 Å². The molecular formula is C27H36N6O5S. The van der Waals surface area contributed by atoms with Crippen LogP contribution in [0.5, 0.6) is 5.75 Å². The average Bonchev–Trinajstić information content (AvgIpc) is 3.36. The Balaban J connectivity index is 1.63. The van der Waals surface area contributed by atoms with E-state index in [0.717, 1.165) is 5.56 Å². The Bertz CT molecular complexity index is 1380.